The van der Waals surface area contributed by atoms with Gasteiger partial charge >= 0.3 is 5.69 Å². The van der Waals surface area contributed by atoms with Crippen LogP contribution in [0.3, 0.4) is 0 Å². The first-order valence-electron chi connectivity index (χ1n) is 9.71. The summed E-state index contributed by atoms with van der Waals surface area (Å²) in [5, 5.41) is 5.88. The van der Waals surface area contributed by atoms with Crippen molar-refractivity contribution >= 4 is 21.6 Å². The summed E-state index contributed by atoms with van der Waals surface area (Å²) < 4.78 is 8.65. The van der Waals surface area contributed by atoms with Crippen LogP contribution in [0.5, 0.6) is 0 Å². The highest BCUT2D eigenvalue weighted by molar-refractivity contribution is 7.17. The molecule has 5 rings (SSSR count). The van der Waals surface area contributed by atoms with Crippen LogP contribution in [0.25, 0.3) is 27.3 Å². The van der Waals surface area contributed by atoms with E-state index in [-0.39, 0.29) is 12.1 Å². The molecule has 2 aromatic carbocycles. The smallest absolute Gasteiger partial charge is 0.336 e. The molecule has 0 aliphatic heterocycles. The van der Waals surface area contributed by atoms with Crippen molar-refractivity contribution in [3.8, 4) is 17.1 Å². The molecule has 5 aromatic rings. The molecule has 0 aliphatic rings. The molecule has 0 radical (unpaired) electrons. The molecule has 0 saturated carbocycles. The van der Waals surface area contributed by atoms with Crippen LogP contribution < -0.4 is 11.2 Å². The summed E-state index contributed by atoms with van der Waals surface area (Å²) in [6.45, 7) is 3.96. The lowest BCUT2D eigenvalue weighted by Crippen LogP contribution is -2.38. The number of benzene rings is 2. The Labute approximate surface area is 180 Å². The van der Waals surface area contributed by atoms with E-state index in [0.717, 1.165) is 16.7 Å². The Morgan fingerprint density at radius 1 is 1.03 bits per heavy atom. The van der Waals surface area contributed by atoms with Gasteiger partial charge in [-0.1, -0.05) is 41.6 Å². The third-order valence-corrected chi connectivity index (χ3v) is 6.05. The summed E-state index contributed by atoms with van der Waals surface area (Å²) >= 11 is 1.30. The number of aromatic nitrogens is 4. The Morgan fingerprint density at radius 3 is 2.68 bits per heavy atom. The van der Waals surface area contributed by atoms with Gasteiger partial charge in [0, 0.05) is 5.56 Å². The molecule has 0 fully saturated rings. The number of aryl methyl sites for hydroxylation is 2. The van der Waals surface area contributed by atoms with Crippen molar-refractivity contribution in [2.45, 2.75) is 20.4 Å². The Kier molecular flexibility index (Phi) is 4.63. The fraction of sp³-hybridized carbons (Fsp3) is 0.130. The molecule has 0 saturated heterocycles. The van der Waals surface area contributed by atoms with Crippen LogP contribution in [0.4, 0.5) is 0 Å². The van der Waals surface area contributed by atoms with Gasteiger partial charge in [-0.05, 0) is 48.6 Å². The first kappa shape index (κ1) is 19.2. The fourth-order valence-electron chi connectivity index (χ4n) is 3.62. The Morgan fingerprint density at radius 2 is 1.87 bits per heavy atom. The SMILES string of the molecule is Cc1cccc(-n2c(=O)c3sccc3n(Cc3nc(-c4ccccc4C)no3)c2=O)c1. The van der Waals surface area contributed by atoms with Crippen molar-refractivity contribution in [1.29, 1.82) is 0 Å². The Balaban J connectivity index is 1.65. The van der Waals surface area contributed by atoms with E-state index in [1.165, 1.54) is 20.5 Å². The van der Waals surface area contributed by atoms with Crippen LogP contribution in [0.15, 0.2) is 74.1 Å². The zero-order valence-electron chi connectivity index (χ0n) is 16.9. The van der Waals surface area contributed by atoms with Crippen molar-refractivity contribution in [2.24, 2.45) is 0 Å². The molecule has 154 valence electrons. The minimum absolute atomic E-state index is 0.0665. The maximum atomic E-state index is 13.4. The normalized spacial score (nSPS) is 11.3. The van der Waals surface area contributed by atoms with Crippen molar-refractivity contribution in [3.63, 3.8) is 0 Å². The van der Waals surface area contributed by atoms with Gasteiger partial charge in [-0.3, -0.25) is 9.36 Å². The molecule has 31 heavy (non-hydrogen) atoms. The molecular weight excluding hydrogens is 412 g/mol. The maximum Gasteiger partial charge on any atom is 0.336 e. The summed E-state index contributed by atoms with van der Waals surface area (Å²) in [7, 11) is 0. The van der Waals surface area contributed by atoms with E-state index in [2.05, 4.69) is 10.1 Å². The van der Waals surface area contributed by atoms with E-state index in [0.29, 0.717) is 27.6 Å². The zero-order valence-corrected chi connectivity index (χ0v) is 17.7. The van der Waals surface area contributed by atoms with Crippen molar-refractivity contribution in [3.05, 3.63) is 97.8 Å². The van der Waals surface area contributed by atoms with Gasteiger partial charge in [-0.25, -0.2) is 9.36 Å². The lowest BCUT2D eigenvalue weighted by molar-refractivity contribution is 0.370. The molecule has 3 heterocycles. The number of thiophene rings is 1. The van der Waals surface area contributed by atoms with Gasteiger partial charge < -0.3 is 4.52 Å². The quantitative estimate of drug-likeness (QED) is 0.431. The molecule has 0 atom stereocenters. The van der Waals surface area contributed by atoms with Crippen LogP contribution >= 0.6 is 11.3 Å². The van der Waals surface area contributed by atoms with Gasteiger partial charge in [0.2, 0.25) is 11.7 Å². The van der Waals surface area contributed by atoms with Crippen LogP contribution in [0, 0.1) is 13.8 Å². The highest BCUT2D eigenvalue weighted by Gasteiger charge is 2.18. The number of rotatable bonds is 4. The highest BCUT2D eigenvalue weighted by atomic mass is 32.1. The van der Waals surface area contributed by atoms with E-state index >= 15 is 0 Å². The van der Waals surface area contributed by atoms with Crippen molar-refractivity contribution < 1.29 is 4.52 Å². The molecule has 0 spiro atoms. The Bertz CT molecular complexity index is 1540. The Hall–Kier alpha value is -3.78. The molecular formula is C23H18N4O3S. The van der Waals surface area contributed by atoms with Gasteiger partial charge in [0.05, 0.1) is 11.2 Å². The lowest BCUT2D eigenvalue weighted by Gasteiger charge is -2.11. The number of nitrogens with zero attached hydrogens (tertiary/aromatic N) is 4. The van der Waals surface area contributed by atoms with Gasteiger partial charge in [0.1, 0.15) is 11.2 Å². The van der Waals surface area contributed by atoms with E-state index in [9.17, 15) is 9.59 Å². The second-order valence-electron chi connectivity index (χ2n) is 7.31. The van der Waals surface area contributed by atoms with E-state index < -0.39 is 5.69 Å². The van der Waals surface area contributed by atoms with Crippen LogP contribution in [-0.4, -0.2) is 19.3 Å². The predicted octanol–water partition coefficient (Wildman–Crippen LogP) is 3.93. The largest absolute Gasteiger partial charge is 0.337 e. The summed E-state index contributed by atoms with van der Waals surface area (Å²) in [5.74, 6) is 0.761. The van der Waals surface area contributed by atoms with Crippen LogP contribution in [0.1, 0.15) is 17.0 Å². The topological polar surface area (TPSA) is 82.9 Å². The summed E-state index contributed by atoms with van der Waals surface area (Å²) in [4.78, 5) is 30.9. The molecule has 0 aliphatic carbocycles. The van der Waals surface area contributed by atoms with Gasteiger partial charge in [0.15, 0.2) is 0 Å². The maximum absolute atomic E-state index is 13.4. The number of hydrogen-bond donors (Lipinski definition) is 0. The first-order chi connectivity index (χ1) is 15.0. The highest BCUT2D eigenvalue weighted by Crippen LogP contribution is 2.21. The monoisotopic (exact) mass is 430 g/mol. The summed E-state index contributed by atoms with van der Waals surface area (Å²) in [6, 6.07) is 16.8. The van der Waals surface area contributed by atoms with E-state index in [1.54, 1.807) is 17.5 Å². The fourth-order valence-corrected chi connectivity index (χ4v) is 4.45. The van der Waals surface area contributed by atoms with E-state index in [1.807, 2.05) is 56.3 Å². The number of fused-ring (bicyclic) bond motifs is 1. The summed E-state index contributed by atoms with van der Waals surface area (Å²) in [6.07, 6.45) is 0. The third kappa shape index (κ3) is 3.30. The molecule has 0 bridgehead atoms. The molecule has 7 nitrogen and oxygen atoms in total. The lowest BCUT2D eigenvalue weighted by atomic mass is 10.1. The average Bonchev–Trinajstić information content (AvgIpc) is 3.42. The molecule has 3 aromatic heterocycles. The molecule has 0 N–H and O–H groups in total. The molecule has 0 unspecified atom stereocenters. The predicted molar refractivity (Wildman–Crippen MR) is 120 cm³/mol. The molecule has 8 heteroatoms. The van der Waals surface area contributed by atoms with Crippen molar-refractivity contribution in [1.82, 2.24) is 19.3 Å². The van der Waals surface area contributed by atoms with E-state index in [4.69, 9.17) is 4.52 Å². The minimum Gasteiger partial charge on any atom is -0.337 e. The van der Waals surface area contributed by atoms with Crippen molar-refractivity contribution in [2.75, 3.05) is 0 Å². The minimum atomic E-state index is -0.447. The number of hydrogen-bond acceptors (Lipinski definition) is 6. The van der Waals surface area contributed by atoms with Crippen LogP contribution in [0.2, 0.25) is 0 Å². The van der Waals surface area contributed by atoms with Gasteiger partial charge in [-0.2, -0.15) is 4.98 Å². The van der Waals surface area contributed by atoms with Gasteiger partial charge in [0.25, 0.3) is 5.56 Å². The first-order valence-corrected chi connectivity index (χ1v) is 10.6. The molecule has 0 amide bonds. The third-order valence-electron chi connectivity index (χ3n) is 5.16. The zero-order chi connectivity index (χ0) is 21.5. The second kappa shape index (κ2) is 7.48. The summed E-state index contributed by atoms with van der Waals surface area (Å²) in [5.41, 5.74) is 3.17. The standard InChI is InChI=1S/C23H18N4O3S/c1-14-6-5-8-16(12-14)27-22(28)20-18(10-11-31-20)26(23(27)29)13-19-24-21(25-30-19)17-9-4-3-7-15(17)2/h3-12H,13H2,1-2H3. The second-order valence-corrected chi connectivity index (χ2v) is 8.23. The average molecular weight is 430 g/mol. The van der Waals surface area contributed by atoms with Crippen LogP contribution in [-0.2, 0) is 6.54 Å². The van der Waals surface area contributed by atoms with Gasteiger partial charge in [-0.15, -0.1) is 11.3 Å².